The van der Waals surface area contributed by atoms with Crippen LogP contribution in [0, 0.1) is 25.0 Å². The largest absolute Gasteiger partial charge is 0.493 e. The molecule has 0 aromatic heterocycles. The maximum atomic E-state index is 11.2. The van der Waals surface area contributed by atoms with E-state index in [1.54, 1.807) is 30.3 Å². The van der Waals surface area contributed by atoms with Crippen LogP contribution in [0.3, 0.4) is 0 Å². The molecule has 2 N–H and O–H groups in total. The van der Waals surface area contributed by atoms with Crippen molar-refractivity contribution in [3.8, 4) is 17.6 Å². The van der Waals surface area contributed by atoms with E-state index in [1.165, 1.54) is 25.3 Å². The number of non-ortho nitro benzene ring substituents is 1. The first kappa shape index (κ1) is 20.2. The normalized spacial score (nSPS) is 10.8. The van der Waals surface area contributed by atoms with Crippen LogP contribution >= 0.6 is 22.6 Å². The molecule has 0 aliphatic heterocycles. The fourth-order valence-corrected chi connectivity index (χ4v) is 2.94. The first-order valence-electron chi connectivity index (χ1n) is 7.51. The molecule has 9 heteroatoms. The van der Waals surface area contributed by atoms with E-state index in [0.717, 1.165) is 5.56 Å². The van der Waals surface area contributed by atoms with Gasteiger partial charge < -0.3 is 15.2 Å². The van der Waals surface area contributed by atoms with Crippen molar-refractivity contribution in [1.29, 1.82) is 5.26 Å². The number of hydrogen-bond donors (Lipinski definition) is 1. The maximum Gasteiger partial charge on any atom is 0.269 e. The third-order valence-electron chi connectivity index (χ3n) is 3.48. The van der Waals surface area contributed by atoms with Gasteiger partial charge in [0.15, 0.2) is 11.5 Å². The topological polar surface area (TPSA) is 128 Å². The number of nitrogens with zero attached hydrogens (tertiary/aromatic N) is 2. The zero-order valence-electron chi connectivity index (χ0n) is 14.1. The van der Waals surface area contributed by atoms with Gasteiger partial charge in [-0.25, -0.2) is 0 Å². The molecule has 2 aromatic carbocycles. The Balaban J connectivity index is 2.26. The van der Waals surface area contributed by atoms with Gasteiger partial charge in [0.2, 0.25) is 0 Å². The molecule has 0 radical (unpaired) electrons. The summed E-state index contributed by atoms with van der Waals surface area (Å²) in [6, 6.07) is 11.1. The molecule has 138 valence electrons. The Morgan fingerprint density at radius 1 is 1.37 bits per heavy atom. The molecule has 0 saturated carbocycles. The van der Waals surface area contributed by atoms with Crippen LogP contribution in [0.1, 0.15) is 11.1 Å². The predicted octanol–water partition coefficient (Wildman–Crippen LogP) is 3.18. The van der Waals surface area contributed by atoms with Gasteiger partial charge in [-0.2, -0.15) is 5.26 Å². The highest BCUT2D eigenvalue weighted by molar-refractivity contribution is 14.1. The molecule has 0 bridgehead atoms. The number of carbonyl (C=O) groups is 1. The molecule has 0 saturated heterocycles. The van der Waals surface area contributed by atoms with E-state index in [0.29, 0.717) is 20.6 Å². The first-order valence-corrected chi connectivity index (χ1v) is 8.59. The SMILES string of the molecule is COc1cc(C=C(C#N)C(N)=O)cc(I)c1OCc1ccc([N+](=O)[O-])cc1. The number of halogens is 1. The number of nitriles is 1. The Labute approximate surface area is 168 Å². The number of methoxy groups -OCH3 is 1. The van der Waals surface area contributed by atoms with Crippen molar-refractivity contribution in [3.63, 3.8) is 0 Å². The van der Waals surface area contributed by atoms with Crippen molar-refractivity contribution < 1.29 is 19.2 Å². The number of benzene rings is 2. The van der Waals surface area contributed by atoms with E-state index in [9.17, 15) is 14.9 Å². The van der Waals surface area contributed by atoms with E-state index in [1.807, 2.05) is 22.6 Å². The number of primary amides is 1. The molecule has 0 aliphatic rings. The first-order chi connectivity index (χ1) is 12.8. The van der Waals surface area contributed by atoms with Crippen molar-refractivity contribution in [2.24, 2.45) is 5.73 Å². The van der Waals surface area contributed by atoms with Gasteiger partial charge in [0.05, 0.1) is 15.6 Å². The molecule has 1 amide bonds. The van der Waals surface area contributed by atoms with Crippen LogP contribution in [0.15, 0.2) is 42.0 Å². The predicted molar refractivity (Wildman–Crippen MR) is 106 cm³/mol. The monoisotopic (exact) mass is 479 g/mol. The average Bonchev–Trinajstić information content (AvgIpc) is 2.64. The number of nitro benzene ring substituents is 1. The molecule has 0 aliphatic carbocycles. The molecule has 0 spiro atoms. The summed E-state index contributed by atoms with van der Waals surface area (Å²) in [5, 5.41) is 19.6. The molecular formula is C18H14IN3O5. The quantitative estimate of drug-likeness (QED) is 0.214. The molecule has 0 unspecified atom stereocenters. The van der Waals surface area contributed by atoms with Crippen molar-refractivity contribution in [1.82, 2.24) is 0 Å². The molecule has 0 fully saturated rings. The van der Waals surface area contributed by atoms with E-state index in [-0.39, 0.29) is 17.9 Å². The number of nitrogens with two attached hydrogens (primary N) is 1. The van der Waals surface area contributed by atoms with Crippen LogP contribution in [0.4, 0.5) is 5.69 Å². The van der Waals surface area contributed by atoms with E-state index in [2.05, 4.69) is 0 Å². The van der Waals surface area contributed by atoms with Crippen LogP contribution in [0.5, 0.6) is 11.5 Å². The van der Waals surface area contributed by atoms with Gasteiger partial charge in [0, 0.05) is 12.1 Å². The van der Waals surface area contributed by atoms with Gasteiger partial charge in [-0.3, -0.25) is 14.9 Å². The fourth-order valence-electron chi connectivity index (χ4n) is 2.16. The third kappa shape index (κ3) is 5.18. The lowest BCUT2D eigenvalue weighted by molar-refractivity contribution is -0.384. The van der Waals surface area contributed by atoms with Gasteiger partial charge in [-0.1, -0.05) is 0 Å². The highest BCUT2D eigenvalue weighted by Gasteiger charge is 2.13. The summed E-state index contributed by atoms with van der Waals surface area (Å²) in [4.78, 5) is 21.4. The number of amides is 1. The lowest BCUT2D eigenvalue weighted by Gasteiger charge is -2.14. The smallest absolute Gasteiger partial charge is 0.269 e. The molecule has 2 rings (SSSR count). The van der Waals surface area contributed by atoms with Crippen molar-refractivity contribution in [3.05, 3.63) is 66.8 Å². The van der Waals surface area contributed by atoms with Crippen LogP contribution in [0.2, 0.25) is 0 Å². The van der Waals surface area contributed by atoms with Gasteiger partial charge in [-0.15, -0.1) is 0 Å². The summed E-state index contributed by atoms with van der Waals surface area (Å²) >= 11 is 2.05. The summed E-state index contributed by atoms with van der Waals surface area (Å²) in [5.41, 5.74) is 6.29. The second-order valence-electron chi connectivity index (χ2n) is 5.28. The Morgan fingerprint density at radius 3 is 2.56 bits per heavy atom. The Hall–Kier alpha value is -3.13. The Morgan fingerprint density at radius 2 is 2.04 bits per heavy atom. The fraction of sp³-hybridized carbons (Fsp3) is 0.111. The van der Waals surface area contributed by atoms with E-state index >= 15 is 0 Å². The molecule has 0 atom stereocenters. The molecule has 0 heterocycles. The zero-order chi connectivity index (χ0) is 20.0. The van der Waals surface area contributed by atoms with Gasteiger partial charge >= 0.3 is 0 Å². The lowest BCUT2D eigenvalue weighted by Crippen LogP contribution is -2.12. The minimum absolute atomic E-state index is 0.00444. The van der Waals surface area contributed by atoms with Crippen LogP contribution in [-0.2, 0) is 11.4 Å². The molecule has 27 heavy (non-hydrogen) atoms. The minimum Gasteiger partial charge on any atom is -0.493 e. The molecular weight excluding hydrogens is 465 g/mol. The van der Waals surface area contributed by atoms with E-state index in [4.69, 9.17) is 20.5 Å². The maximum absolute atomic E-state index is 11.2. The second-order valence-corrected chi connectivity index (χ2v) is 6.44. The van der Waals surface area contributed by atoms with Crippen molar-refractivity contribution in [2.75, 3.05) is 7.11 Å². The summed E-state index contributed by atoms with van der Waals surface area (Å²) < 4.78 is 11.8. The standard InChI is InChI=1S/C18H14IN3O5/c1-26-16-8-12(6-13(9-20)18(21)23)7-15(19)17(16)27-10-11-2-4-14(5-3-11)22(24)25/h2-8H,10H2,1H3,(H2,21,23). The highest BCUT2D eigenvalue weighted by Crippen LogP contribution is 2.35. The third-order valence-corrected chi connectivity index (χ3v) is 4.28. The Kier molecular flexibility index (Phi) is 6.73. The summed E-state index contributed by atoms with van der Waals surface area (Å²) in [5.74, 6) is 0.0768. The minimum atomic E-state index is -0.815. The van der Waals surface area contributed by atoms with Crippen molar-refractivity contribution in [2.45, 2.75) is 6.61 Å². The summed E-state index contributed by atoms with van der Waals surface area (Å²) in [6.45, 7) is 0.185. The number of nitro groups is 1. The molecule has 2 aromatic rings. The van der Waals surface area contributed by atoms with E-state index < -0.39 is 10.8 Å². The summed E-state index contributed by atoms with van der Waals surface area (Å²) in [6.07, 6.45) is 1.37. The van der Waals surface area contributed by atoms with Crippen LogP contribution < -0.4 is 15.2 Å². The average molecular weight is 479 g/mol. The van der Waals surface area contributed by atoms with Crippen LogP contribution in [-0.4, -0.2) is 17.9 Å². The summed E-state index contributed by atoms with van der Waals surface area (Å²) in [7, 11) is 1.47. The highest BCUT2D eigenvalue weighted by atomic mass is 127. The van der Waals surface area contributed by atoms with Gasteiger partial charge in [-0.05, 0) is 64.1 Å². The lowest BCUT2D eigenvalue weighted by atomic mass is 10.1. The van der Waals surface area contributed by atoms with Gasteiger partial charge in [0.1, 0.15) is 18.2 Å². The number of carbonyl (C=O) groups excluding carboxylic acids is 1. The number of ether oxygens (including phenoxy) is 2. The second kappa shape index (κ2) is 9.00. The molecule has 8 nitrogen and oxygen atoms in total. The Bertz CT molecular complexity index is 949. The number of rotatable bonds is 7. The van der Waals surface area contributed by atoms with Crippen LogP contribution in [0.25, 0.3) is 6.08 Å². The zero-order valence-corrected chi connectivity index (χ0v) is 16.3. The van der Waals surface area contributed by atoms with Crippen molar-refractivity contribution >= 4 is 40.3 Å². The van der Waals surface area contributed by atoms with Gasteiger partial charge in [0.25, 0.3) is 11.6 Å². The number of hydrogen-bond acceptors (Lipinski definition) is 6.